The monoisotopic (exact) mass is 307 g/mol. The fraction of sp³-hybridized carbons (Fsp3) is 0.588. The van der Waals surface area contributed by atoms with E-state index in [1.807, 2.05) is 0 Å². The van der Waals surface area contributed by atoms with Crippen molar-refractivity contribution in [1.82, 2.24) is 4.90 Å². The molecule has 0 spiro atoms. The molecule has 1 unspecified atom stereocenters. The number of hydrogen-bond donors (Lipinski definition) is 2. The number of piperidine rings is 1. The number of carbonyl (C=O) groups excluding carboxylic acids is 1. The van der Waals surface area contributed by atoms with E-state index in [4.69, 9.17) is 5.73 Å². The molecule has 122 valence electrons. The Morgan fingerprint density at radius 2 is 2.23 bits per heavy atom. The molecule has 0 bridgehead atoms. The molecule has 1 heterocycles. The molecule has 0 saturated carbocycles. The van der Waals surface area contributed by atoms with Crippen LogP contribution in [0.1, 0.15) is 32.3 Å². The first-order chi connectivity index (χ1) is 10.3. The van der Waals surface area contributed by atoms with E-state index in [-0.39, 0.29) is 23.2 Å². The van der Waals surface area contributed by atoms with Crippen LogP contribution in [0, 0.1) is 18.2 Å². The number of nitrogens with zero attached hydrogens (tertiary/aromatic N) is 1. The quantitative estimate of drug-likeness (QED) is 0.898. The zero-order chi connectivity index (χ0) is 16.3. The molecular weight excluding hydrogens is 281 g/mol. The summed E-state index contributed by atoms with van der Waals surface area (Å²) in [6, 6.07) is 4.93. The highest BCUT2D eigenvalue weighted by atomic mass is 19.1. The van der Waals surface area contributed by atoms with E-state index in [1.165, 1.54) is 6.07 Å². The van der Waals surface area contributed by atoms with E-state index >= 15 is 0 Å². The molecule has 1 atom stereocenters. The zero-order valence-electron chi connectivity index (χ0n) is 13.7. The van der Waals surface area contributed by atoms with Crippen molar-refractivity contribution in [2.24, 2.45) is 11.1 Å². The third-order valence-corrected chi connectivity index (χ3v) is 4.59. The van der Waals surface area contributed by atoms with Gasteiger partial charge < -0.3 is 16.0 Å². The van der Waals surface area contributed by atoms with Crippen LogP contribution in [-0.2, 0) is 4.79 Å². The number of rotatable bonds is 4. The third kappa shape index (κ3) is 4.05. The number of hydrogen-bond acceptors (Lipinski definition) is 3. The minimum absolute atomic E-state index is 0.0773. The standard InChI is InChI=1S/C17H26FN3O/c1-12-13(18)5-4-6-14(12)20-16(22)8-10-21-9-7-15(19)17(2,3)11-21/h4-6,15H,7-11,19H2,1-3H3,(H,20,22). The maximum Gasteiger partial charge on any atom is 0.225 e. The van der Waals surface area contributed by atoms with Crippen molar-refractivity contribution in [3.8, 4) is 0 Å². The predicted octanol–water partition coefficient (Wildman–Crippen LogP) is 2.52. The van der Waals surface area contributed by atoms with E-state index in [0.717, 1.165) is 19.5 Å². The third-order valence-electron chi connectivity index (χ3n) is 4.59. The first-order valence-corrected chi connectivity index (χ1v) is 7.82. The summed E-state index contributed by atoms with van der Waals surface area (Å²) in [7, 11) is 0. The minimum atomic E-state index is -0.301. The van der Waals surface area contributed by atoms with Crippen LogP contribution in [0.2, 0.25) is 0 Å². The van der Waals surface area contributed by atoms with Gasteiger partial charge in [0.2, 0.25) is 5.91 Å². The highest BCUT2D eigenvalue weighted by Crippen LogP contribution is 2.27. The molecule has 0 aliphatic carbocycles. The number of nitrogens with two attached hydrogens (primary N) is 1. The lowest BCUT2D eigenvalue weighted by molar-refractivity contribution is -0.116. The average Bonchev–Trinajstić information content (AvgIpc) is 2.45. The maximum absolute atomic E-state index is 13.5. The lowest BCUT2D eigenvalue weighted by Gasteiger charge is -2.42. The predicted molar refractivity (Wildman–Crippen MR) is 87.2 cm³/mol. The van der Waals surface area contributed by atoms with Crippen LogP contribution in [0.4, 0.5) is 10.1 Å². The summed E-state index contributed by atoms with van der Waals surface area (Å²) >= 11 is 0. The Bertz CT molecular complexity index is 545. The molecule has 0 aromatic heterocycles. The van der Waals surface area contributed by atoms with Gasteiger partial charge in [-0.2, -0.15) is 0 Å². The molecule has 22 heavy (non-hydrogen) atoms. The van der Waals surface area contributed by atoms with Gasteiger partial charge in [-0.1, -0.05) is 19.9 Å². The van der Waals surface area contributed by atoms with Crippen LogP contribution < -0.4 is 11.1 Å². The van der Waals surface area contributed by atoms with E-state index in [9.17, 15) is 9.18 Å². The van der Waals surface area contributed by atoms with Gasteiger partial charge in [0.15, 0.2) is 0 Å². The second-order valence-corrected chi connectivity index (χ2v) is 6.87. The lowest BCUT2D eigenvalue weighted by Crippen LogP contribution is -2.52. The largest absolute Gasteiger partial charge is 0.327 e. The van der Waals surface area contributed by atoms with E-state index in [0.29, 0.717) is 24.2 Å². The number of benzene rings is 1. The Morgan fingerprint density at radius 3 is 2.91 bits per heavy atom. The number of carbonyl (C=O) groups is 1. The molecule has 2 rings (SSSR count). The number of nitrogens with one attached hydrogen (secondary N) is 1. The summed E-state index contributed by atoms with van der Waals surface area (Å²) in [6.45, 7) is 8.53. The van der Waals surface area contributed by atoms with Gasteiger partial charge in [-0.05, 0) is 37.4 Å². The molecule has 4 nitrogen and oxygen atoms in total. The Balaban J connectivity index is 1.85. The lowest BCUT2D eigenvalue weighted by atomic mass is 9.79. The highest BCUT2D eigenvalue weighted by Gasteiger charge is 2.33. The summed E-state index contributed by atoms with van der Waals surface area (Å²) in [5.41, 5.74) is 7.22. The van der Waals surface area contributed by atoms with Crippen LogP contribution >= 0.6 is 0 Å². The number of halogens is 1. The van der Waals surface area contributed by atoms with E-state index in [2.05, 4.69) is 24.1 Å². The summed E-state index contributed by atoms with van der Waals surface area (Å²) in [6.07, 6.45) is 1.36. The van der Waals surface area contributed by atoms with Crippen LogP contribution in [0.25, 0.3) is 0 Å². The zero-order valence-corrected chi connectivity index (χ0v) is 13.7. The second kappa shape index (κ2) is 6.75. The van der Waals surface area contributed by atoms with Gasteiger partial charge in [0.1, 0.15) is 5.82 Å². The topological polar surface area (TPSA) is 58.4 Å². The van der Waals surface area contributed by atoms with Crippen LogP contribution in [0.5, 0.6) is 0 Å². The molecule has 3 N–H and O–H groups in total. The number of likely N-dealkylation sites (tertiary alicyclic amines) is 1. The summed E-state index contributed by atoms with van der Waals surface area (Å²) in [5.74, 6) is -0.383. The normalized spacial score (nSPS) is 21.6. The molecule has 1 aromatic carbocycles. The SMILES string of the molecule is Cc1c(F)cccc1NC(=O)CCN1CCC(N)C(C)(C)C1. The van der Waals surface area contributed by atoms with Gasteiger partial charge >= 0.3 is 0 Å². The van der Waals surface area contributed by atoms with Gasteiger partial charge in [0, 0.05) is 36.8 Å². The Kier molecular flexibility index (Phi) is 5.19. The van der Waals surface area contributed by atoms with Crippen molar-refractivity contribution in [1.29, 1.82) is 0 Å². The number of anilines is 1. The smallest absolute Gasteiger partial charge is 0.225 e. The summed E-state index contributed by atoms with van der Waals surface area (Å²) in [4.78, 5) is 14.3. The van der Waals surface area contributed by atoms with Crippen molar-refractivity contribution in [2.45, 2.75) is 39.7 Å². The van der Waals surface area contributed by atoms with Gasteiger partial charge in [-0.3, -0.25) is 4.79 Å². The summed E-state index contributed by atoms with van der Waals surface area (Å²) in [5, 5.41) is 2.79. The first-order valence-electron chi connectivity index (χ1n) is 7.82. The van der Waals surface area contributed by atoms with Crippen molar-refractivity contribution in [3.63, 3.8) is 0 Å². The second-order valence-electron chi connectivity index (χ2n) is 6.87. The molecule has 1 aromatic rings. The molecule has 1 aliphatic heterocycles. The molecule has 1 saturated heterocycles. The molecule has 5 heteroatoms. The fourth-order valence-electron chi connectivity index (χ4n) is 2.89. The van der Waals surface area contributed by atoms with Crippen molar-refractivity contribution < 1.29 is 9.18 Å². The number of amides is 1. The highest BCUT2D eigenvalue weighted by molar-refractivity contribution is 5.91. The minimum Gasteiger partial charge on any atom is -0.327 e. The maximum atomic E-state index is 13.5. The van der Waals surface area contributed by atoms with Gasteiger partial charge in [-0.25, -0.2) is 4.39 Å². The van der Waals surface area contributed by atoms with Crippen LogP contribution in [0.3, 0.4) is 0 Å². The molecule has 1 amide bonds. The van der Waals surface area contributed by atoms with Crippen molar-refractivity contribution in [3.05, 3.63) is 29.6 Å². The molecule has 1 aliphatic rings. The Labute approximate surface area is 131 Å². The Morgan fingerprint density at radius 1 is 1.50 bits per heavy atom. The van der Waals surface area contributed by atoms with E-state index in [1.54, 1.807) is 19.1 Å². The van der Waals surface area contributed by atoms with Crippen molar-refractivity contribution >= 4 is 11.6 Å². The van der Waals surface area contributed by atoms with Crippen molar-refractivity contribution in [2.75, 3.05) is 25.0 Å². The van der Waals surface area contributed by atoms with Gasteiger partial charge in [-0.15, -0.1) is 0 Å². The first kappa shape index (κ1) is 16.9. The molecular formula is C17H26FN3O. The molecule has 1 fully saturated rings. The van der Waals surface area contributed by atoms with Crippen LogP contribution in [0.15, 0.2) is 18.2 Å². The van der Waals surface area contributed by atoms with Gasteiger partial charge in [0.05, 0.1) is 0 Å². The van der Waals surface area contributed by atoms with E-state index < -0.39 is 0 Å². The fourth-order valence-corrected chi connectivity index (χ4v) is 2.89. The van der Waals surface area contributed by atoms with Gasteiger partial charge in [0.25, 0.3) is 0 Å². The Hall–Kier alpha value is -1.46. The van der Waals surface area contributed by atoms with Crippen LogP contribution in [-0.4, -0.2) is 36.5 Å². The summed E-state index contributed by atoms with van der Waals surface area (Å²) < 4.78 is 13.5. The molecule has 0 radical (unpaired) electrons. The average molecular weight is 307 g/mol.